The molecule has 30 heavy (non-hydrogen) atoms. The van der Waals surface area contributed by atoms with E-state index >= 15 is 0 Å². The summed E-state index contributed by atoms with van der Waals surface area (Å²) in [6.45, 7) is 4.67. The van der Waals surface area contributed by atoms with Crippen molar-refractivity contribution in [2.45, 2.75) is 51.8 Å². The second-order valence-corrected chi connectivity index (χ2v) is 6.89. The molecule has 1 heterocycles. The lowest BCUT2D eigenvalue weighted by molar-refractivity contribution is -0.274. The number of carbonyl (C=O) groups is 2. The van der Waals surface area contributed by atoms with Gasteiger partial charge in [0.2, 0.25) is 5.60 Å². The third-order valence-corrected chi connectivity index (χ3v) is 4.83. The van der Waals surface area contributed by atoms with E-state index in [0.717, 1.165) is 17.2 Å². The van der Waals surface area contributed by atoms with Crippen molar-refractivity contribution in [3.63, 3.8) is 0 Å². The number of carbonyl (C=O) groups excluding carboxylic acids is 2. The lowest BCUT2D eigenvalue weighted by Gasteiger charge is -2.28. The van der Waals surface area contributed by atoms with Crippen LogP contribution in [0.5, 0.6) is 0 Å². The molecule has 1 aromatic heterocycles. The Morgan fingerprint density at radius 1 is 1.03 bits per heavy atom. The van der Waals surface area contributed by atoms with Crippen LogP contribution in [0.15, 0.2) is 34.7 Å². The molecule has 0 saturated heterocycles. The number of halogens is 3. The maximum Gasteiger partial charge on any atom is 0.424 e. The molecule has 2 amide bonds. The predicted molar refractivity (Wildman–Crippen MR) is 105 cm³/mol. The van der Waals surface area contributed by atoms with E-state index in [1.807, 2.05) is 32.0 Å². The highest BCUT2D eigenvalue weighted by Crippen LogP contribution is 2.42. The van der Waals surface area contributed by atoms with Crippen LogP contribution >= 0.6 is 0 Å². The van der Waals surface area contributed by atoms with Gasteiger partial charge >= 0.3 is 18.0 Å². The zero-order valence-electron chi connectivity index (χ0n) is 17.0. The summed E-state index contributed by atoms with van der Waals surface area (Å²) in [4.78, 5) is 24.4. The highest BCUT2D eigenvalue weighted by molar-refractivity contribution is 6.39. The van der Waals surface area contributed by atoms with Crippen molar-refractivity contribution >= 4 is 17.5 Å². The van der Waals surface area contributed by atoms with Gasteiger partial charge in [-0.2, -0.15) is 13.2 Å². The van der Waals surface area contributed by atoms with E-state index in [-0.39, 0.29) is 5.76 Å². The lowest BCUT2D eigenvalue weighted by Crippen LogP contribution is -2.45. The van der Waals surface area contributed by atoms with Crippen LogP contribution in [-0.4, -0.2) is 29.6 Å². The number of aryl methyl sites for hydroxylation is 3. The molecule has 0 saturated carbocycles. The summed E-state index contributed by atoms with van der Waals surface area (Å²) < 4.78 is 45.3. The second-order valence-electron chi connectivity index (χ2n) is 6.89. The number of benzene rings is 1. The molecular weight excluding hydrogens is 401 g/mol. The Kier molecular flexibility index (Phi) is 7.30. The van der Waals surface area contributed by atoms with Crippen LogP contribution in [0.25, 0.3) is 0 Å². The van der Waals surface area contributed by atoms with Gasteiger partial charge in [-0.3, -0.25) is 9.59 Å². The van der Waals surface area contributed by atoms with Crippen molar-refractivity contribution in [1.82, 2.24) is 5.32 Å². The average Bonchev–Trinajstić information content (AvgIpc) is 3.13. The number of para-hydroxylation sites is 1. The van der Waals surface area contributed by atoms with Crippen LogP contribution < -0.4 is 10.6 Å². The number of hydrogen-bond donors (Lipinski definition) is 3. The fourth-order valence-electron chi connectivity index (χ4n) is 3.07. The van der Waals surface area contributed by atoms with Gasteiger partial charge in [0, 0.05) is 18.7 Å². The monoisotopic (exact) mass is 426 g/mol. The Hall–Kier alpha value is -2.81. The van der Waals surface area contributed by atoms with Gasteiger partial charge in [-0.15, -0.1) is 0 Å². The summed E-state index contributed by atoms with van der Waals surface area (Å²) in [6.07, 6.45) is -4.67. The first-order chi connectivity index (χ1) is 14.0. The van der Waals surface area contributed by atoms with Gasteiger partial charge < -0.3 is 20.2 Å². The predicted octanol–water partition coefficient (Wildman–Crippen LogP) is 3.61. The van der Waals surface area contributed by atoms with Gasteiger partial charge in [-0.1, -0.05) is 32.0 Å². The Bertz CT molecular complexity index is 886. The zero-order chi connectivity index (χ0) is 22.5. The maximum atomic E-state index is 13.4. The molecule has 6 nitrogen and oxygen atoms in total. The van der Waals surface area contributed by atoms with Crippen LogP contribution in [0.2, 0.25) is 0 Å². The van der Waals surface area contributed by atoms with Crippen LogP contribution in [0.3, 0.4) is 0 Å². The van der Waals surface area contributed by atoms with Crippen molar-refractivity contribution in [2.24, 2.45) is 0 Å². The molecule has 0 aliphatic rings. The fourth-order valence-corrected chi connectivity index (χ4v) is 3.07. The minimum atomic E-state index is -5.03. The van der Waals surface area contributed by atoms with E-state index < -0.39 is 42.3 Å². The minimum absolute atomic E-state index is 0.206. The Balaban J connectivity index is 2.06. The van der Waals surface area contributed by atoms with Gasteiger partial charge in [0.05, 0.1) is 0 Å². The molecule has 3 N–H and O–H groups in total. The molecule has 0 radical (unpaired) electrons. The first-order valence-corrected chi connectivity index (χ1v) is 9.59. The van der Waals surface area contributed by atoms with Gasteiger partial charge in [0.1, 0.15) is 11.5 Å². The second kappa shape index (κ2) is 9.34. The highest BCUT2D eigenvalue weighted by Gasteiger charge is 2.56. The molecule has 0 aliphatic heterocycles. The first-order valence-electron chi connectivity index (χ1n) is 9.59. The average molecular weight is 426 g/mol. The minimum Gasteiger partial charge on any atom is -0.463 e. The Morgan fingerprint density at radius 3 is 2.10 bits per heavy atom. The van der Waals surface area contributed by atoms with Gasteiger partial charge in [0.15, 0.2) is 0 Å². The molecule has 2 aromatic rings. The van der Waals surface area contributed by atoms with Crippen LogP contribution in [-0.2, 0) is 28.0 Å². The summed E-state index contributed by atoms with van der Waals surface area (Å²) in [5, 5.41) is 14.9. The largest absolute Gasteiger partial charge is 0.463 e. The molecule has 0 fully saturated rings. The van der Waals surface area contributed by atoms with Gasteiger partial charge in [0.25, 0.3) is 0 Å². The number of furan rings is 1. The molecule has 9 heteroatoms. The zero-order valence-corrected chi connectivity index (χ0v) is 17.0. The van der Waals surface area contributed by atoms with E-state index in [2.05, 4.69) is 10.6 Å². The van der Waals surface area contributed by atoms with E-state index in [1.54, 1.807) is 0 Å². The Morgan fingerprint density at radius 2 is 1.63 bits per heavy atom. The van der Waals surface area contributed by atoms with E-state index in [4.69, 9.17) is 4.42 Å². The number of alkyl halides is 3. The van der Waals surface area contributed by atoms with Crippen molar-refractivity contribution in [3.8, 4) is 0 Å². The summed E-state index contributed by atoms with van der Waals surface area (Å²) in [6, 6.07) is 7.82. The molecule has 1 atom stereocenters. The summed E-state index contributed by atoms with van der Waals surface area (Å²) in [5.41, 5.74) is -1.07. The van der Waals surface area contributed by atoms with Crippen molar-refractivity contribution in [2.75, 3.05) is 11.9 Å². The van der Waals surface area contributed by atoms with Gasteiger partial charge in [-0.05, 0) is 43.0 Å². The third kappa shape index (κ3) is 5.02. The topological polar surface area (TPSA) is 91.6 Å². The molecule has 1 aromatic carbocycles. The summed E-state index contributed by atoms with van der Waals surface area (Å²) in [7, 11) is 0. The molecule has 0 unspecified atom stereocenters. The van der Waals surface area contributed by atoms with Crippen LogP contribution in [0.4, 0.5) is 18.9 Å². The number of anilines is 1. The summed E-state index contributed by atoms with van der Waals surface area (Å²) >= 11 is 0. The number of amides is 2. The highest BCUT2D eigenvalue weighted by atomic mass is 19.4. The molecular formula is C21H25F3N2O4. The van der Waals surface area contributed by atoms with Crippen LogP contribution in [0.1, 0.15) is 42.9 Å². The number of hydrogen-bond acceptors (Lipinski definition) is 4. The molecule has 0 bridgehead atoms. The number of rotatable bonds is 7. The van der Waals surface area contributed by atoms with Crippen molar-refractivity contribution in [3.05, 3.63) is 53.0 Å². The SMILES string of the molecule is CCc1cccc(CC)c1NC(=O)C(=O)NCC[C@](O)(c1ccc(C)o1)C(F)(F)F. The summed E-state index contributed by atoms with van der Waals surface area (Å²) in [5.74, 6) is -2.55. The normalized spacial score (nSPS) is 13.6. The third-order valence-electron chi connectivity index (χ3n) is 4.83. The molecule has 0 spiro atoms. The smallest absolute Gasteiger partial charge is 0.424 e. The van der Waals surface area contributed by atoms with Crippen molar-refractivity contribution in [1.29, 1.82) is 0 Å². The first kappa shape index (κ1) is 23.5. The van der Waals surface area contributed by atoms with Gasteiger partial charge in [-0.25, -0.2) is 0 Å². The molecule has 164 valence electrons. The number of nitrogens with one attached hydrogen (secondary N) is 2. The quantitative estimate of drug-likeness (QED) is 0.590. The van der Waals surface area contributed by atoms with Crippen LogP contribution in [0, 0.1) is 6.92 Å². The van der Waals surface area contributed by atoms with E-state index in [1.165, 1.54) is 13.0 Å². The number of aliphatic hydroxyl groups is 1. The van der Waals surface area contributed by atoms with Crippen molar-refractivity contribution < 1.29 is 32.3 Å². The molecule has 0 aliphatic carbocycles. The van der Waals surface area contributed by atoms with E-state index in [9.17, 15) is 27.9 Å². The maximum absolute atomic E-state index is 13.4. The molecule has 2 rings (SSSR count). The standard InChI is InChI=1S/C21H25F3N2O4/c1-4-14-7-6-8-15(5-2)17(14)26-19(28)18(27)25-12-11-20(29,21(22,23)24)16-10-9-13(3)30-16/h6-10,29H,4-5,11-12H2,1-3H3,(H,25,27)(H,26,28)/t20-/m0/s1. The fraction of sp³-hybridized carbons (Fsp3) is 0.429. The van der Waals surface area contributed by atoms with E-state index in [0.29, 0.717) is 18.5 Å². The Labute approximate surface area is 172 Å². The lowest BCUT2D eigenvalue weighted by atomic mass is 9.95.